The van der Waals surface area contributed by atoms with E-state index in [2.05, 4.69) is 47.1 Å². The highest BCUT2D eigenvalue weighted by Crippen LogP contribution is 2.23. The molecule has 106 valence electrons. The molecule has 0 radical (unpaired) electrons. The van der Waals surface area contributed by atoms with Gasteiger partial charge in [0.15, 0.2) is 5.82 Å². The second-order valence-corrected chi connectivity index (χ2v) is 4.90. The molecule has 1 N–H and O–H groups in total. The van der Waals surface area contributed by atoms with Crippen molar-refractivity contribution in [3.8, 4) is 11.5 Å². The number of hydrogen-bond acceptors (Lipinski definition) is 4. The predicted octanol–water partition coefficient (Wildman–Crippen LogP) is 3.54. The molecule has 0 aromatic carbocycles. The first-order valence-electron chi connectivity index (χ1n) is 7.20. The van der Waals surface area contributed by atoms with Crippen molar-refractivity contribution in [3.05, 3.63) is 35.2 Å². The van der Waals surface area contributed by atoms with Gasteiger partial charge in [0, 0.05) is 24.0 Å². The molecule has 0 amide bonds. The van der Waals surface area contributed by atoms with E-state index in [9.17, 15) is 0 Å². The molecule has 0 aliphatic heterocycles. The summed E-state index contributed by atoms with van der Waals surface area (Å²) in [4.78, 5) is 13.7. The molecule has 2 heterocycles. The number of rotatable bonds is 5. The van der Waals surface area contributed by atoms with Crippen LogP contribution in [0.1, 0.15) is 37.1 Å². The van der Waals surface area contributed by atoms with Crippen LogP contribution in [-0.4, -0.2) is 21.5 Å². The number of nitrogens with zero attached hydrogens (tertiary/aromatic N) is 3. The Hall–Kier alpha value is -1.97. The van der Waals surface area contributed by atoms with E-state index in [1.807, 2.05) is 13.0 Å². The summed E-state index contributed by atoms with van der Waals surface area (Å²) >= 11 is 0. The van der Waals surface area contributed by atoms with Gasteiger partial charge in [0.05, 0.1) is 0 Å². The first-order valence-corrected chi connectivity index (χ1v) is 7.20. The Morgan fingerprint density at radius 3 is 2.65 bits per heavy atom. The highest BCUT2D eigenvalue weighted by molar-refractivity contribution is 5.59. The lowest BCUT2D eigenvalue weighted by molar-refractivity contribution is 0.951. The third-order valence-electron chi connectivity index (χ3n) is 3.42. The summed E-state index contributed by atoms with van der Waals surface area (Å²) in [5.74, 6) is 1.63. The standard InChI is InChI=1S/C16H22N4/c1-5-9-18-15-11(3)12(4)19-16(20-15)14-13(6-2)8-7-10-17-14/h7-8,10H,5-6,9H2,1-4H3,(H,18,19,20). The zero-order chi connectivity index (χ0) is 14.5. The topological polar surface area (TPSA) is 50.7 Å². The van der Waals surface area contributed by atoms with Gasteiger partial charge in [0.1, 0.15) is 11.5 Å². The SMILES string of the molecule is CCCNc1nc(-c2ncccc2CC)nc(C)c1C. The number of hydrogen-bond donors (Lipinski definition) is 1. The molecule has 0 aliphatic carbocycles. The predicted molar refractivity (Wildman–Crippen MR) is 82.9 cm³/mol. The largest absolute Gasteiger partial charge is 0.370 e. The van der Waals surface area contributed by atoms with Crippen molar-refractivity contribution in [3.63, 3.8) is 0 Å². The molecule has 4 nitrogen and oxygen atoms in total. The first-order chi connectivity index (χ1) is 9.67. The first kappa shape index (κ1) is 14.4. The molecule has 0 saturated heterocycles. The third kappa shape index (κ3) is 2.95. The highest BCUT2D eigenvalue weighted by Gasteiger charge is 2.12. The van der Waals surface area contributed by atoms with Gasteiger partial charge in [0.2, 0.25) is 0 Å². The molecular weight excluding hydrogens is 248 g/mol. The number of nitrogens with one attached hydrogen (secondary N) is 1. The Morgan fingerprint density at radius 2 is 1.95 bits per heavy atom. The van der Waals surface area contributed by atoms with E-state index in [1.165, 1.54) is 5.56 Å². The van der Waals surface area contributed by atoms with E-state index in [-0.39, 0.29) is 0 Å². The zero-order valence-electron chi connectivity index (χ0n) is 12.7. The molecule has 4 heteroatoms. The normalized spacial score (nSPS) is 10.6. The van der Waals surface area contributed by atoms with Crippen molar-refractivity contribution in [1.29, 1.82) is 0 Å². The average Bonchev–Trinajstić information content (AvgIpc) is 2.48. The van der Waals surface area contributed by atoms with Gasteiger partial charge in [-0.1, -0.05) is 19.9 Å². The van der Waals surface area contributed by atoms with Crippen molar-refractivity contribution < 1.29 is 0 Å². The molecule has 0 bridgehead atoms. The minimum atomic E-state index is 0.712. The van der Waals surface area contributed by atoms with E-state index >= 15 is 0 Å². The van der Waals surface area contributed by atoms with Gasteiger partial charge >= 0.3 is 0 Å². The number of aryl methyl sites for hydroxylation is 2. The maximum absolute atomic E-state index is 4.66. The molecule has 0 unspecified atom stereocenters. The van der Waals surface area contributed by atoms with Crippen LogP contribution in [0.2, 0.25) is 0 Å². The van der Waals surface area contributed by atoms with Crippen LogP contribution in [0, 0.1) is 13.8 Å². The lowest BCUT2D eigenvalue weighted by Crippen LogP contribution is -2.08. The average molecular weight is 270 g/mol. The Labute approximate surface area is 120 Å². The van der Waals surface area contributed by atoms with Crippen molar-refractivity contribution >= 4 is 5.82 Å². The molecule has 0 spiro atoms. The van der Waals surface area contributed by atoms with Crippen LogP contribution in [0.25, 0.3) is 11.5 Å². The number of anilines is 1. The maximum Gasteiger partial charge on any atom is 0.180 e. The molecule has 0 saturated carbocycles. The van der Waals surface area contributed by atoms with E-state index in [1.54, 1.807) is 6.20 Å². The van der Waals surface area contributed by atoms with Crippen molar-refractivity contribution in [2.24, 2.45) is 0 Å². The van der Waals surface area contributed by atoms with Gasteiger partial charge in [-0.25, -0.2) is 9.97 Å². The van der Waals surface area contributed by atoms with Gasteiger partial charge in [-0.15, -0.1) is 0 Å². The van der Waals surface area contributed by atoms with Crippen LogP contribution in [-0.2, 0) is 6.42 Å². The van der Waals surface area contributed by atoms with Crippen molar-refractivity contribution in [2.45, 2.75) is 40.5 Å². The Kier molecular flexibility index (Phi) is 4.66. The van der Waals surface area contributed by atoms with Crippen LogP contribution in [0.4, 0.5) is 5.82 Å². The molecule has 0 aliphatic rings. The summed E-state index contributed by atoms with van der Waals surface area (Å²) in [6.45, 7) is 9.26. The molecule has 0 atom stereocenters. The summed E-state index contributed by atoms with van der Waals surface area (Å²) in [5.41, 5.74) is 4.17. The third-order valence-corrected chi connectivity index (χ3v) is 3.42. The fourth-order valence-corrected chi connectivity index (χ4v) is 2.08. The highest BCUT2D eigenvalue weighted by atomic mass is 15.0. The number of aromatic nitrogens is 3. The van der Waals surface area contributed by atoms with E-state index in [4.69, 9.17) is 0 Å². The summed E-state index contributed by atoms with van der Waals surface area (Å²) in [6, 6.07) is 4.04. The van der Waals surface area contributed by atoms with Gasteiger partial charge in [-0.05, 0) is 38.3 Å². The summed E-state index contributed by atoms with van der Waals surface area (Å²) in [6.07, 6.45) is 3.80. The summed E-state index contributed by atoms with van der Waals surface area (Å²) < 4.78 is 0. The van der Waals surface area contributed by atoms with Crippen LogP contribution in [0.5, 0.6) is 0 Å². The van der Waals surface area contributed by atoms with Crippen molar-refractivity contribution in [2.75, 3.05) is 11.9 Å². The fraction of sp³-hybridized carbons (Fsp3) is 0.438. The molecule has 0 fully saturated rings. The Balaban J connectivity index is 2.49. The van der Waals surface area contributed by atoms with Gasteiger partial charge in [-0.2, -0.15) is 0 Å². The maximum atomic E-state index is 4.66. The van der Waals surface area contributed by atoms with Gasteiger partial charge in [0.25, 0.3) is 0 Å². The molecule has 2 aromatic heterocycles. The van der Waals surface area contributed by atoms with Crippen molar-refractivity contribution in [1.82, 2.24) is 15.0 Å². The fourth-order valence-electron chi connectivity index (χ4n) is 2.08. The van der Waals surface area contributed by atoms with E-state index in [0.29, 0.717) is 5.82 Å². The Bertz CT molecular complexity index is 593. The monoisotopic (exact) mass is 270 g/mol. The zero-order valence-corrected chi connectivity index (χ0v) is 12.7. The molecule has 2 rings (SSSR count). The molecule has 2 aromatic rings. The lowest BCUT2D eigenvalue weighted by atomic mass is 10.1. The van der Waals surface area contributed by atoms with Crippen LogP contribution < -0.4 is 5.32 Å². The second-order valence-electron chi connectivity index (χ2n) is 4.90. The molecule has 20 heavy (non-hydrogen) atoms. The minimum absolute atomic E-state index is 0.712. The summed E-state index contributed by atoms with van der Waals surface area (Å²) in [5, 5.41) is 3.37. The second kappa shape index (κ2) is 6.46. The van der Waals surface area contributed by atoms with Gasteiger partial charge in [-0.3, -0.25) is 4.98 Å². The minimum Gasteiger partial charge on any atom is -0.370 e. The number of pyridine rings is 1. The lowest BCUT2D eigenvalue weighted by Gasteiger charge is -2.12. The van der Waals surface area contributed by atoms with Crippen LogP contribution >= 0.6 is 0 Å². The van der Waals surface area contributed by atoms with Gasteiger partial charge < -0.3 is 5.32 Å². The Morgan fingerprint density at radius 1 is 1.15 bits per heavy atom. The van der Waals surface area contributed by atoms with E-state index in [0.717, 1.165) is 42.2 Å². The van der Waals surface area contributed by atoms with E-state index < -0.39 is 0 Å². The quantitative estimate of drug-likeness (QED) is 0.903. The molecular formula is C16H22N4. The van der Waals surface area contributed by atoms with Crippen LogP contribution in [0.15, 0.2) is 18.3 Å². The van der Waals surface area contributed by atoms with Crippen LogP contribution in [0.3, 0.4) is 0 Å². The summed E-state index contributed by atoms with van der Waals surface area (Å²) in [7, 11) is 0. The smallest absolute Gasteiger partial charge is 0.180 e.